The molecule has 16 heavy (non-hydrogen) atoms. The van der Waals surface area contributed by atoms with Crippen molar-refractivity contribution in [2.75, 3.05) is 6.61 Å². The lowest BCUT2D eigenvalue weighted by Gasteiger charge is -2.12. The van der Waals surface area contributed by atoms with Gasteiger partial charge in [-0.15, -0.1) is 0 Å². The molecule has 1 fully saturated rings. The maximum atomic E-state index is 10.9. The van der Waals surface area contributed by atoms with Crippen LogP contribution in [0.25, 0.3) is 0 Å². The zero-order chi connectivity index (χ0) is 11.4. The van der Waals surface area contributed by atoms with Crippen molar-refractivity contribution in [3.05, 3.63) is 28.2 Å². The first-order valence-corrected chi connectivity index (χ1v) is 6.46. The number of ether oxygens (including phenoxy) is 1. The topological polar surface area (TPSA) is 26.3 Å². The number of carbonyl (C=O) groups excluding carboxylic acids is 1. The fraction of sp³-hybridized carbons (Fsp3) is 0.462. The van der Waals surface area contributed by atoms with Crippen molar-refractivity contribution in [1.82, 2.24) is 0 Å². The summed E-state index contributed by atoms with van der Waals surface area (Å²) >= 11 is 3.34. The van der Waals surface area contributed by atoms with E-state index in [4.69, 9.17) is 4.74 Å². The second-order valence-electron chi connectivity index (χ2n) is 4.26. The molecule has 0 bridgehead atoms. The average molecular weight is 283 g/mol. The van der Waals surface area contributed by atoms with Crippen LogP contribution < -0.4 is 4.74 Å². The van der Waals surface area contributed by atoms with E-state index in [2.05, 4.69) is 15.9 Å². The van der Waals surface area contributed by atoms with Crippen LogP contribution in [0.5, 0.6) is 5.75 Å². The minimum Gasteiger partial charge on any atom is -0.493 e. The molecule has 3 heteroatoms. The molecule has 1 aliphatic carbocycles. The van der Waals surface area contributed by atoms with Gasteiger partial charge in [0.05, 0.1) is 12.2 Å². The van der Waals surface area contributed by atoms with Gasteiger partial charge < -0.3 is 4.74 Å². The van der Waals surface area contributed by atoms with Gasteiger partial charge in [-0.2, -0.15) is 0 Å². The largest absolute Gasteiger partial charge is 0.493 e. The maximum absolute atomic E-state index is 10.9. The van der Waals surface area contributed by atoms with Crippen LogP contribution in [0.1, 0.15) is 36.0 Å². The molecule has 1 aliphatic rings. The summed E-state index contributed by atoms with van der Waals surface area (Å²) in [7, 11) is 0. The first-order chi connectivity index (χ1) is 7.79. The van der Waals surface area contributed by atoms with Gasteiger partial charge in [-0.05, 0) is 37.0 Å². The minimum absolute atomic E-state index is 0.618. The Labute approximate surface area is 104 Å². The summed E-state index contributed by atoms with van der Waals surface area (Å²) in [6, 6.07) is 5.54. The van der Waals surface area contributed by atoms with Gasteiger partial charge in [-0.25, -0.2) is 0 Å². The molecule has 1 saturated carbocycles. The summed E-state index contributed by atoms with van der Waals surface area (Å²) in [6.45, 7) is 0.739. The van der Waals surface area contributed by atoms with Crippen LogP contribution in [0, 0.1) is 5.92 Å². The Kier molecular flexibility index (Phi) is 3.99. The van der Waals surface area contributed by atoms with E-state index in [0.717, 1.165) is 17.4 Å². The average Bonchev–Trinajstić information content (AvgIpc) is 2.80. The molecule has 1 aromatic rings. The van der Waals surface area contributed by atoms with E-state index in [9.17, 15) is 4.79 Å². The minimum atomic E-state index is 0.618. The van der Waals surface area contributed by atoms with Crippen LogP contribution in [-0.2, 0) is 0 Å². The first-order valence-electron chi connectivity index (χ1n) is 5.67. The van der Waals surface area contributed by atoms with E-state index in [0.29, 0.717) is 17.2 Å². The van der Waals surface area contributed by atoms with Crippen molar-refractivity contribution in [3.8, 4) is 5.75 Å². The maximum Gasteiger partial charge on any atom is 0.153 e. The highest BCUT2D eigenvalue weighted by atomic mass is 79.9. The molecule has 0 aliphatic heterocycles. The summed E-state index contributed by atoms with van der Waals surface area (Å²) in [6.07, 6.45) is 5.98. The molecule has 0 radical (unpaired) electrons. The predicted molar refractivity (Wildman–Crippen MR) is 67.0 cm³/mol. The highest BCUT2D eigenvalue weighted by Gasteiger charge is 2.16. The van der Waals surface area contributed by atoms with Crippen molar-refractivity contribution in [2.24, 2.45) is 5.92 Å². The van der Waals surface area contributed by atoms with Gasteiger partial charge >= 0.3 is 0 Å². The van der Waals surface area contributed by atoms with Crippen LogP contribution in [0.3, 0.4) is 0 Å². The SMILES string of the molecule is O=Cc1cc(Br)ccc1OCC1CCCC1. The monoisotopic (exact) mass is 282 g/mol. The van der Waals surface area contributed by atoms with Gasteiger partial charge in [0, 0.05) is 4.47 Å². The zero-order valence-corrected chi connectivity index (χ0v) is 10.7. The van der Waals surface area contributed by atoms with Crippen molar-refractivity contribution >= 4 is 22.2 Å². The lowest BCUT2D eigenvalue weighted by atomic mass is 10.1. The summed E-state index contributed by atoms with van der Waals surface area (Å²) in [5, 5.41) is 0. The lowest BCUT2D eigenvalue weighted by Crippen LogP contribution is -2.09. The zero-order valence-electron chi connectivity index (χ0n) is 9.12. The second kappa shape index (κ2) is 5.48. The second-order valence-corrected chi connectivity index (χ2v) is 5.18. The highest BCUT2D eigenvalue weighted by molar-refractivity contribution is 9.10. The van der Waals surface area contributed by atoms with Crippen LogP contribution >= 0.6 is 15.9 Å². The van der Waals surface area contributed by atoms with Gasteiger partial charge in [-0.1, -0.05) is 28.8 Å². The lowest BCUT2D eigenvalue weighted by molar-refractivity contribution is 0.111. The van der Waals surface area contributed by atoms with Gasteiger partial charge in [0.25, 0.3) is 0 Å². The van der Waals surface area contributed by atoms with E-state index in [1.807, 2.05) is 12.1 Å². The summed E-state index contributed by atoms with van der Waals surface area (Å²) in [4.78, 5) is 10.9. The number of benzene rings is 1. The molecule has 0 N–H and O–H groups in total. The van der Waals surface area contributed by atoms with Crippen LogP contribution in [-0.4, -0.2) is 12.9 Å². The van der Waals surface area contributed by atoms with Crippen LogP contribution in [0.15, 0.2) is 22.7 Å². The van der Waals surface area contributed by atoms with Gasteiger partial charge in [0.15, 0.2) is 6.29 Å². The van der Waals surface area contributed by atoms with Crippen molar-refractivity contribution in [3.63, 3.8) is 0 Å². The molecular formula is C13H15BrO2. The third-order valence-electron chi connectivity index (χ3n) is 3.05. The Morgan fingerprint density at radius 3 is 2.81 bits per heavy atom. The number of aldehydes is 1. The molecule has 0 saturated heterocycles. The van der Waals surface area contributed by atoms with Gasteiger partial charge in [-0.3, -0.25) is 4.79 Å². The number of hydrogen-bond acceptors (Lipinski definition) is 2. The fourth-order valence-corrected chi connectivity index (χ4v) is 2.51. The third kappa shape index (κ3) is 2.85. The predicted octanol–water partition coefficient (Wildman–Crippen LogP) is 3.83. The Bertz CT molecular complexity index is 370. The van der Waals surface area contributed by atoms with E-state index in [1.165, 1.54) is 25.7 Å². The number of halogens is 1. The van der Waals surface area contributed by atoms with Crippen molar-refractivity contribution in [2.45, 2.75) is 25.7 Å². The highest BCUT2D eigenvalue weighted by Crippen LogP contribution is 2.27. The van der Waals surface area contributed by atoms with Crippen molar-refractivity contribution in [1.29, 1.82) is 0 Å². The number of carbonyl (C=O) groups is 1. The Morgan fingerprint density at radius 1 is 1.38 bits per heavy atom. The molecule has 0 atom stereocenters. The Morgan fingerprint density at radius 2 is 2.12 bits per heavy atom. The summed E-state index contributed by atoms with van der Waals surface area (Å²) < 4.78 is 6.62. The summed E-state index contributed by atoms with van der Waals surface area (Å²) in [5.74, 6) is 1.37. The van der Waals surface area contributed by atoms with E-state index in [-0.39, 0.29) is 0 Å². The molecular weight excluding hydrogens is 268 g/mol. The number of rotatable bonds is 4. The van der Waals surface area contributed by atoms with Crippen LogP contribution in [0.2, 0.25) is 0 Å². The number of hydrogen-bond donors (Lipinski definition) is 0. The molecule has 0 unspecified atom stereocenters. The quantitative estimate of drug-likeness (QED) is 0.785. The molecule has 86 valence electrons. The Hall–Kier alpha value is -0.830. The fourth-order valence-electron chi connectivity index (χ4n) is 2.13. The van der Waals surface area contributed by atoms with Gasteiger partial charge in [0.2, 0.25) is 0 Å². The van der Waals surface area contributed by atoms with Gasteiger partial charge in [0.1, 0.15) is 5.75 Å². The van der Waals surface area contributed by atoms with E-state index < -0.39 is 0 Å². The molecule has 1 aromatic carbocycles. The third-order valence-corrected chi connectivity index (χ3v) is 3.54. The normalized spacial score (nSPS) is 16.3. The molecule has 0 heterocycles. The van der Waals surface area contributed by atoms with E-state index in [1.54, 1.807) is 6.07 Å². The van der Waals surface area contributed by atoms with Crippen molar-refractivity contribution < 1.29 is 9.53 Å². The van der Waals surface area contributed by atoms with E-state index >= 15 is 0 Å². The standard InChI is InChI=1S/C13H15BrO2/c14-12-5-6-13(11(7-12)8-15)16-9-10-3-1-2-4-10/h5-8,10H,1-4,9H2. The molecule has 0 amide bonds. The Balaban J connectivity index is 1.99. The molecule has 2 rings (SSSR count). The molecule has 0 aromatic heterocycles. The van der Waals surface area contributed by atoms with Crippen LogP contribution in [0.4, 0.5) is 0 Å². The first kappa shape index (κ1) is 11.6. The summed E-state index contributed by atoms with van der Waals surface area (Å²) in [5.41, 5.74) is 0.618. The smallest absolute Gasteiger partial charge is 0.153 e. The molecule has 2 nitrogen and oxygen atoms in total. The molecule has 0 spiro atoms.